The fourth-order valence-electron chi connectivity index (χ4n) is 2.12. The van der Waals surface area contributed by atoms with E-state index in [-0.39, 0.29) is 12.1 Å². The van der Waals surface area contributed by atoms with Crippen molar-refractivity contribution in [1.29, 1.82) is 0 Å². The van der Waals surface area contributed by atoms with Crippen LogP contribution in [0.15, 0.2) is 0 Å². The Morgan fingerprint density at radius 3 is 2.73 bits per heavy atom. The molecule has 1 heterocycles. The maximum Gasteiger partial charge on any atom is 0.237 e. The van der Waals surface area contributed by atoms with Crippen LogP contribution in [0.1, 0.15) is 46.5 Å². The lowest BCUT2D eigenvalue weighted by Crippen LogP contribution is -2.38. The first kappa shape index (κ1) is 12.5. The van der Waals surface area contributed by atoms with E-state index in [4.69, 9.17) is 0 Å². The Hall–Kier alpha value is -0.570. The predicted molar refractivity (Wildman–Crippen MR) is 62.5 cm³/mol. The summed E-state index contributed by atoms with van der Waals surface area (Å²) in [7, 11) is 0. The number of carbonyl (C=O) groups is 1. The fraction of sp³-hybridized carbons (Fsp3) is 0.917. The molecule has 0 spiro atoms. The van der Waals surface area contributed by atoms with Crippen molar-refractivity contribution >= 4 is 5.91 Å². The number of carbonyl (C=O) groups excluding carboxylic acids is 1. The molecule has 0 aromatic heterocycles. The highest BCUT2D eigenvalue weighted by Gasteiger charge is 2.28. The molecule has 1 amide bonds. The Morgan fingerprint density at radius 1 is 1.53 bits per heavy atom. The van der Waals surface area contributed by atoms with Gasteiger partial charge < -0.3 is 4.90 Å². The molecule has 88 valence electrons. The van der Waals surface area contributed by atoms with Crippen molar-refractivity contribution in [3.63, 3.8) is 0 Å². The van der Waals surface area contributed by atoms with Crippen molar-refractivity contribution in [2.75, 3.05) is 13.1 Å². The highest BCUT2D eigenvalue weighted by atomic mass is 16.2. The monoisotopic (exact) mass is 212 g/mol. The van der Waals surface area contributed by atoms with Crippen LogP contribution < -0.4 is 5.32 Å². The van der Waals surface area contributed by atoms with Crippen LogP contribution in [-0.4, -0.2) is 30.1 Å². The molecule has 0 bridgehead atoms. The van der Waals surface area contributed by atoms with Crippen LogP contribution in [0.4, 0.5) is 0 Å². The molecule has 2 unspecified atom stereocenters. The van der Waals surface area contributed by atoms with Crippen LogP contribution in [0.2, 0.25) is 0 Å². The number of hydrogen-bond acceptors (Lipinski definition) is 2. The topological polar surface area (TPSA) is 32.3 Å². The van der Waals surface area contributed by atoms with Crippen molar-refractivity contribution in [2.45, 2.75) is 52.6 Å². The van der Waals surface area contributed by atoms with Gasteiger partial charge in [-0.25, -0.2) is 0 Å². The molecule has 1 aliphatic heterocycles. The summed E-state index contributed by atoms with van der Waals surface area (Å²) in [5, 5.41) is 3.18. The van der Waals surface area contributed by atoms with Crippen molar-refractivity contribution in [3.05, 3.63) is 0 Å². The molecule has 1 fully saturated rings. The summed E-state index contributed by atoms with van der Waals surface area (Å²) in [4.78, 5) is 13.6. The third-order valence-corrected chi connectivity index (χ3v) is 3.33. The van der Waals surface area contributed by atoms with Gasteiger partial charge in [0.25, 0.3) is 0 Å². The Bertz CT molecular complexity index is 206. The van der Waals surface area contributed by atoms with Crippen LogP contribution in [0.3, 0.4) is 0 Å². The molecule has 1 aliphatic rings. The Labute approximate surface area is 93.2 Å². The largest absolute Gasteiger partial charge is 0.326 e. The second-order valence-corrected chi connectivity index (χ2v) is 4.52. The van der Waals surface area contributed by atoms with Gasteiger partial charge in [-0.3, -0.25) is 10.1 Å². The van der Waals surface area contributed by atoms with Crippen molar-refractivity contribution in [1.82, 2.24) is 10.2 Å². The summed E-state index contributed by atoms with van der Waals surface area (Å²) < 4.78 is 0. The molecular weight excluding hydrogens is 188 g/mol. The number of amides is 1. The average molecular weight is 212 g/mol. The molecular formula is C12H24N2O. The number of nitrogens with zero attached hydrogens (tertiary/aromatic N) is 1. The predicted octanol–water partition coefficient (Wildman–Crippen LogP) is 1.98. The van der Waals surface area contributed by atoms with Crippen molar-refractivity contribution in [3.8, 4) is 0 Å². The number of nitrogens with one attached hydrogen (secondary N) is 1. The van der Waals surface area contributed by atoms with Gasteiger partial charge >= 0.3 is 0 Å². The zero-order valence-electron chi connectivity index (χ0n) is 10.3. The Morgan fingerprint density at radius 2 is 2.27 bits per heavy atom. The first-order valence-corrected chi connectivity index (χ1v) is 6.21. The quantitative estimate of drug-likeness (QED) is 0.730. The van der Waals surface area contributed by atoms with Gasteiger partial charge in [-0.1, -0.05) is 33.1 Å². The molecule has 15 heavy (non-hydrogen) atoms. The maximum atomic E-state index is 11.6. The van der Waals surface area contributed by atoms with E-state index in [0.29, 0.717) is 12.5 Å². The van der Waals surface area contributed by atoms with Gasteiger partial charge in [0.2, 0.25) is 5.91 Å². The molecule has 2 atom stereocenters. The molecule has 1 saturated heterocycles. The third-order valence-electron chi connectivity index (χ3n) is 3.33. The average Bonchev–Trinajstić information content (AvgIpc) is 2.55. The van der Waals surface area contributed by atoms with E-state index < -0.39 is 0 Å². The summed E-state index contributed by atoms with van der Waals surface area (Å²) in [5.74, 6) is 0.939. The molecule has 0 radical (unpaired) electrons. The SMILES string of the molecule is CCCCC(CC)CN1C(=O)CNC1C. The van der Waals surface area contributed by atoms with E-state index in [1.807, 2.05) is 4.90 Å². The van der Waals surface area contributed by atoms with E-state index >= 15 is 0 Å². The van der Waals surface area contributed by atoms with Gasteiger partial charge in [-0.2, -0.15) is 0 Å². The third kappa shape index (κ3) is 3.49. The summed E-state index contributed by atoms with van der Waals surface area (Å²) in [6.45, 7) is 7.96. The highest BCUT2D eigenvalue weighted by Crippen LogP contribution is 2.17. The summed E-state index contributed by atoms with van der Waals surface area (Å²) in [6.07, 6.45) is 5.19. The summed E-state index contributed by atoms with van der Waals surface area (Å²) >= 11 is 0. The van der Waals surface area contributed by atoms with Crippen LogP contribution >= 0.6 is 0 Å². The molecule has 0 aromatic carbocycles. The van der Waals surface area contributed by atoms with Crippen LogP contribution in [0.5, 0.6) is 0 Å². The first-order chi connectivity index (χ1) is 7.19. The van der Waals surface area contributed by atoms with Gasteiger partial charge in [0, 0.05) is 6.54 Å². The lowest BCUT2D eigenvalue weighted by molar-refractivity contribution is -0.128. The van der Waals surface area contributed by atoms with Crippen molar-refractivity contribution < 1.29 is 4.79 Å². The first-order valence-electron chi connectivity index (χ1n) is 6.21. The van der Waals surface area contributed by atoms with Gasteiger partial charge in [0.05, 0.1) is 12.7 Å². The lowest BCUT2D eigenvalue weighted by Gasteiger charge is -2.26. The molecule has 3 nitrogen and oxygen atoms in total. The summed E-state index contributed by atoms with van der Waals surface area (Å²) in [5.41, 5.74) is 0. The zero-order valence-corrected chi connectivity index (χ0v) is 10.3. The maximum absolute atomic E-state index is 11.6. The standard InChI is InChI=1S/C12H24N2O/c1-4-6-7-11(5-2)9-14-10(3)13-8-12(14)15/h10-11,13H,4-9H2,1-3H3. The smallest absolute Gasteiger partial charge is 0.237 e. The van der Waals surface area contributed by atoms with Crippen molar-refractivity contribution in [2.24, 2.45) is 5.92 Å². The van der Waals surface area contributed by atoms with E-state index in [2.05, 4.69) is 26.1 Å². The van der Waals surface area contributed by atoms with Gasteiger partial charge in [0.15, 0.2) is 0 Å². The van der Waals surface area contributed by atoms with Gasteiger partial charge in [-0.15, -0.1) is 0 Å². The van der Waals surface area contributed by atoms with E-state index in [9.17, 15) is 4.79 Å². The van der Waals surface area contributed by atoms with Gasteiger partial charge in [0.1, 0.15) is 0 Å². The Balaban J connectivity index is 2.39. The van der Waals surface area contributed by atoms with Crippen LogP contribution in [0.25, 0.3) is 0 Å². The van der Waals surface area contributed by atoms with Gasteiger partial charge in [-0.05, 0) is 19.3 Å². The minimum absolute atomic E-state index is 0.230. The number of unbranched alkanes of at least 4 members (excludes halogenated alkanes) is 1. The molecule has 0 aromatic rings. The second-order valence-electron chi connectivity index (χ2n) is 4.52. The number of hydrogen-bond donors (Lipinski definition) is 1. The fourth-order valence-corrected chi connectivity index (χ4v) is 2.12. The number of rotatable bonds is 6. The second kappa shape index (κ2) is 6.11. The lowest BCUT2D eigenvalue weighted by atomic mass is 9.98. The van der Waals surface area contributed by atoms with E-state index in [1.54, 1.807) is 0 Å². The van der Waals surface area contributed by atoms with E-state index in [0.717, 1.165) is 6.54 Å². The molecule has 1 N–H and O–H groups in total. The van der Waals surface area contributed by atoms with Crippen LogP contribution in [0, 0.1) is 5.92 Å². The molecule has 3 heteroatoms. The molecule has 0 aliphatic carbocycles. The minimum Gasteiger partial charge on any atom is -0.326 e. The Kier molecular flexibility index (Phi) is 5.09. The van der Waals surface area contributed by atoms with E-state index in [1.165, 1.54) is 25.7 Å². The van der Waals surface area contributed by atoms with Crippen LogP contribution in [-0.2, 0) is 4.79 Å². The normalized spacial score (nSPS) is 23.5. The highest BCUT2D eigenvalue weighted by molar-refractivity contribution is 5.80. The summed E-state index contributed by atoms with van der Waals surface area (Å²) in [6, 6.07) is 0. The molecule has 1 rings (SSSR count). The molecule has 0 saturated carbocycles. The minimum atomic E-state index is 0.230. The zero-order chi connectivity index (χ0) is 11.3.